The van der Waals surface area contributed by atoms with Crippen LogP contribution in [-0.2, 0) is 10.2 Å². The van der Waals surface area contributed by atoms with Crippen molar-refractivity contribution >= 4 is 23.2 Å². The number of nitrogens with zero attached hydrogens (tertiary/aromatic N) is 2. The minimum absolute atomic E-state index is 0.114. The van der Waals surface area contributed by atoms with Crippen LogP contribution in [0.15, 0.2) is 5.38 Å². The predicted octanol–water partition coefficient (Wildman–Crippen LogP) is 3.30. The Morgan fingerprint density at radius 3 is 2.32 bits per heavy atom. The quantitative estimate of drug-likeness (QED) is 0.926. The zero-order valence-corrected chi connectivity index (χ0v) is 14.5. The van der Waals surface area contributed by atoms with Crippen LogP contribution in [0.25, 0.3) is 0 Å². The van der Waals surface area contributed by atoms with Crippen LogP contribution in [0.4, 0.5) is 0 Å². The molecule has 0 aromatic carbocycles. The van der Waals surface area contributed by atoms with Crippen LogP contribution in [0.5, 0.6) is 0 Å². The summed E-state index contributed by atoms with van der Waals surface area (Å²) < 4.78 is 0. The summed E-state index contributed by atoms with van der Waals surface area (Å²) in [5, 5.41) is 12.3. The first-order valence-electron chi connectivity index (χ1n) is 7.66. The monoisotopic (exact) mass is 324 g/mol. The smallest absolute Gasteiger partial charge is 0.329 e. The molecule has 1 aliphatic carbocycles. The van der Waals surface area contributed by atoms with Gasteiger partial charge in [0.15, 0.2) is 0 Å². The second kappa shape index (κ2) is 5.99. The summed E-state index contributed by atoms with van der Waals surface area (Å²) in [5.74, 6) is -1.20. The first kappa shape index (κ1) is 16.9. The number of carbonyl (C=O) groups is 2. The second-order valence-electron chi connectivity index (χ2n) is 7.05. The maximum atomic E-state index is 12.7. The van der Waals surface area contributed by atoms with Crippen molar-refractivity contribution in [3.63, 3.8) is 0 Å². The molecule has 0 aliphatic heterocycles. The molecule has 1 aliphatic rings. The number of aliphatic carboxylic acids is 1. The van der Waals surface area contributed by atoms with Gasteiger partial charge in [0, 0.05) is 17.8 Å². The number of hydrogen-bond donors (Lipinski definition) is 1. The Balaban J connectivity index is 2.27. The molecule has 1 aromatic heterocycles. The van der Waals surface area contributed by atoms with Crippen molar-refractivity contribution in [3.05, 3.63) is 16.1 Å². The van der Waals surface area contributed by atoms with Crippen molar-refractivity contribution in [3.8, 4) is 0 Å². The standard InChI is InChI=1S/C16H24N2O3S/c1-15(2,3)13-17-11(10-22-13)12(19)18(4)16(14(20)21)8-6-5-7-9-16/h10H,5-9H2,1-4H3,(H,20,21). The molecule has 1 heterocycles. The lowest BCUT2D eigenvalue weighted by Crippen LogP contribution is -2.56. The fourth-order valence-corrected chi connectivity index (χ4v) is 3.79. The van der Waals surface area contributed by atoms with Gasteiger partial charge in [-0.2, -0.15) is 0 Å². The van der Waals surface area contributed by atoms with E-state index in [-0.39, 0.29) is 11.3 Å². The third-order valence-electron chi connectivity index (χ3n) is 4.39. The van der Waals surface area contributed by atoms with E-state index in [1.165, 1.54) is 16.2 Å². The molecular weight excluding hydrogens is 300 g/mol. The van der Waals surface area contributed by atoms with E-state index in [9.17, 15) is 14.7 Å². The molecule has 0 saturated heterocycles. The molecule has 0 unspecified atom stereocenters. The van der Waals surface area contributed by atoms with Crippen molar-refractivity contribution in [2.45, 2.75) is 63.8 Å². The van der Waals surface area contributed by atoms with Gasteiger partial charge in [0.2, 0.25) is 0 Å². The topological polar surface area (TPSA) is 70.5 Å². The van der Waals surface area contributed by atoms with Gasteiger partial charge in [0.1, 0.15) is 11.2 Å². The lowest BCUT2D eigenvalue weighted by atomic mass is 9.80. The molecule has 0 bridgehead atoms. The Bertz CT molecular complexity index is 568. The lowest BCUT2D eigenvalue weighted by molar-refractivity contribution is -0.151. The summed E-state index contributed by atoms with van der Waals surface area (Å²) in [5.41, 5.74) is -0.846. The molecule has 1 N–H and O–H groups in total. The number of carbonyl (C=O) groups excluding carboxylic acids is 1. The third-order valence-corrected chi connectivity index (χ3v) is 5.66. The van der Waals surface area contributed by atoms with Crippen molar-refractivity contribution in [1.82, 2.24) is 9.88 Å². The van der Waals surface area contributed by atoms with E-state index >= 15 is 0 Å². The maximum Gasteiger partial charge on any atom is 0.329 e. The van der Waals surface area contributed by atoms with Crippen molar-refractivity contribution < 1.29 is 14.7 Å². The largest absolute Gasteiger partial charge is 0.479 e. The van der Waals surface area contributed by atoms with Gasteiger partial charge in [-0.25, -0.2) is 9.78 Å². The minimum Gasteiger partial charge on any atom is -0.479 e. The summed E-state index contributed by atoms with van der Waals surface area (Å²) in [4.78, 5) is 30.3. The fraction of sp³-hybridized carbons (Fsp3) is 0.688. The number of carboxylic acid groups (broad SMARTS) is 1. The van der Waals surface area contributed by atoms with Crippen molar-refractivity contribution in [2.24, 2.45) is 0 Å². The lowest BCUT2D eigenvalue weighted by Gasteiger charge is -2.40. The van der Waals surface area contributed by atoms with Crippen molar-refractivity contribution in [2.75, 3.05) is 7.05 Å². The zero-order valence-electron chi connectivity index (χ0n) is 13.7. The number of aromatic nitrogens is 1. The number of carboxylic acids is 1. The highest BCUT2D eigenvalue weighted by molar-refractivity contribution is 7.10. The SMILES string of the molecule is CN(C(=O)c1csc(C(C)(C)C)n1)C1(C(=O)O)CCCCC1. The molecule has 1 amide bonds. The fourth-order valence-electron chi connectivity index (χ4n) is 2.91. The Labute approximate surface area is 135 Å². The van der Waals surface area contributed by atoms with Gasteiger partial charge in [-0.05, 0) is 12.8 Å². The molecule has 1 aromatic rings. The van der Waals surface area contributed by atoms with Gasteiger partial charge in [-0.3, -0.25) is 4.79 Å². The summed E-state index contributed by atoms with van der Waals surface area (Å²) in [7, 11) is 1.60. The molecule has 6 heteroatoms. The van der Waals surface area contributed by atoms with Crippen LogP contribution >= 0.6 is 11.3 Å². The summed E-state index contributed by atoms with van der Waals surface area (Å²) in [6.07, 6.45) is 3.74. The van der Waals surface area contributed by atoms with Gasteiger partial charge in [0.05, 0.1) is 5.01 Å². The van der Waals surface area contributed by atoms with E-state index in [0.717, 1.165) is 24.3 Å². The van der Waals surface area contributed by atoms with Gasteiger partial charge in [0.25, 0.3) is 5.91 Å². The van der Waals surface area contributed by atoms with Crippen LogP contribution in [0.1, 0.15) is 68.4 Å². The third kappa shape index (κ3) is 3.02. The molecule has 1 fully saturated rings. The van der Waals surface area contributed by atoms with E-state index in [1.54, 1.807) is 12.4 Å². The van der Waals surface area contributed by atoms with Crippen LogP contribution in [0.3, 0.4) is 0 Å². The van der Waals surface area contributed by atoms with Gasteiger partial charge in [-0.15, -0.1) is 11.3 Å². The number of amides is 1. The Morgan fingerprint density at radius 1 is 1.27 bits per heavy atom. The maximum absolute atomic E-state index is 12.7. The molecular formula is C16H24N2O3S. The first-order chi connectivity index (χ1) is 10.2. The second-order valence-corrected chi connectivity index (χ2v) is 7.91. The number of thiazole rings is 1. The van der Waals surface area contributed by atoms with Crippen LogP contribution in [0.2, 0.25) is 0 Å². The average molecular weight is 324 g/mol. The first-order valence-corrected chi connectivity index (χ1v) is 8.54. The van der Waals surface area contributed by atoms with E-state index in [4.69, 9.17) is 0 Å². The number of rotatable bonds is 3. The average Bonchev–Trinajstić information content (AvgIpc) is 2.96. The molecule has 122 valence electrons. The molecule has 5 nitrogen and oxygen atoms in total. The summed E-state index contributed by atoms with van der Waals surface area (Å²) in [6, 6.07) is 0. The predicted molar refractivity (Wildman–Crippen MR) is 86.4 cm³/mol. The van der Waals surface area contributed by atoms with Crippen molar-refractivity contribution in [1.29, 1.82) is 0 Å². The van der Waals surface area contributed by atoms with Gasteiger partial charge < -0.3 is 10.0 Å². The molecule has 0 radical (unpaired) electrons. The van der Waals surface area contributed by atoms with E-state index in [1.807, 2.05) is 20.8 Å². The van der Waals surface area contributed by atoms with Crippen LogP contribution in [-0.4, -0.2) is 39.5 Å². The van der Waals surface area contributed by atoms with Crippen LogP contribution < -0.4 is 0 Å². The Hall–Kier alpha value is -1.43. The highest BCUT2D eigenvalue weighted by Gasteiger charge is 2.46. The molecule has 0 spiro atoms. The van der Waals surface area contributed by atoms with Gasteiger partial charge >= 0.3 is 5.97 Å². The summed E-state index contributed by atoms with van der Waals surface area (Å²) in [6.45, 7) is 6.14. The highest BCUT2D eigenvalue weighted by atomic mass is 32.1. The number of likely N-dealkylation sites (N-methyl/N-ethyl adjacent to an activating group) is 1. The highest BCUT2D eigenvalue weighted by Crippen LogP contribution is 2.34. The van der Waals surface area contributed by atoms with Crippen LogP contribution in [0, 0.1) is 0 Å². The van der Waals surface area contributed by atoms with E-state index in [2.05, 4.69) is 4.98 Å². The molecule has 1 saturated carbocycles. The van der Waals surface area contributed by atoms with E-state index in [0.29, 0.717) is 18.5 Å². The molecule has 2 rings (SSSR count). The van der Waals surface area contributed by atoms with E-state index < -0.39 is 11.5 Å². The summed E-state index contributed by atoms with van der Waals surface area (Å²) >= 11 is 1.45. The number of hydrogen-bond acceptors (Lipinski definition) is 4. The minimum atomic E-state index is -1.08. The Morgan fingerprint density at radius 2 is 1.86 bits per heavy atom. The Kier molecular flexibility index (Phi) is 4.61. The van der Waals surface area contributed by atoms with Gasteiger partial charge in [-0.1, -0.05) is 40.0 Å². The molecule has 22 heavy (non-hydrogen) atoms. The zero-order chi connectivity index (χ0) is 16.5. The normalized spacial score (nSPS) is 18.0. The molecule has 0 atom stereocenters.